The van der Waals surface area contributed by atoms with Crippen molar-refractivity contribution in [2.75, 3.05) is 0 Å². The van der Waals surface area contributed by atoms with Crippen molar-refractivity contribution in [1.29, 1.82) is 0 Å². The standard InChI is InChI=1S/C17H20ClN/c1-12(2)8-13-4-3-5-14(9-13)17-10-16(18)7-6-15(17)11-19/h3-7,9-10,12H,8,11,19H2,1-2H3. The molecule has 0 saturated heterocycles. The highest BCUT2D eigenvalue weighted by atomic mass is 35.5. The van der Waals surface area contributed by atoms with E-state index in [0.717, 1.165) is 22.6 Å². The van der Waals surface area contributed by atoms with Gasteiger partial charge in [-0.15, -0.1) is 0 Å². The molecule has 0 aromatic heterocycles. The monoisotopic (exact) mass is 273 g/mol. The fourth-order valence-corrected chi connectivity index (χ4v) is 2.50. The van der Waals surface area contributed by atoms with Crippen molar-refractivity contribution in [3.63, 3.8) is 0 Å². The second kappa shape index (κ2) is 6.23. The molecule has 0 heterocycles. The molecule has 2 heteroatoms. The summed E-state index contributed by atoms with van der Waals surface area (Å²) in [5.41, 5.74) is 10.6. The van der Waals surface area contributed by atoms with Crippen molar-refractivity contribution in [3.8, 4) is 11.1 Å². The van der Waals surface area contributed by atoms with Crippen LogP contribution in [0.15, 0.2) is 42.5 Å². The van der Waals surface area contributed by atoms with Crippen LogP contribution < -0.4 is 5.73 Å². The summed E-state index contributed by atoms with van der Waals surface area (Å²) in [5, 5.41) is 0.751. The number of benzene rings is 2. The summed E-state index contributed by atoms with van der Waals surface area (Å²) in [7, 11) is 0. The molecular formula is C17H20ClN. The lowest BCUT2D eigenvalue weighted by Gasteiger charge is -2.11. The molecule has 0 amide bonds. The third-order valence-electron chi connectivity index (χ3n) is 3.17. The zero-order valence-corrected chi connectivity index (χ0v) is 12.2. The minimum Gasteiger partial charge on any atom is -0.326 e. The first-order valence-corrected chi connectivity index (χ1v) is 7.05. The van der Waals surface area contributed by atoms with Crippen molar-refractivity contribution in [2.24, 2.45) is 11.7 Å². The van der Waals surface area contributed by atoms with Crippen LogP contribution in [0, 0.1) is 5.92 Å². The van der Waals surface area contributed by atoms with Gasteiger partial charge in [-0.25, -0.2) is 0 Å². The third-order valence-corrected chi connectivity index (χ3v) is 3.41. The van der Waals surface area contributed by atoms with E-state index >= 15 is 0 Å². The van der Waals surface area contributed by atoms with E-state index in [2.05, 4.69) is 38.1 Å². The lowest BCUT2D eigenvalue weighted by molar-refractivity contribution is 0.647. The van der Waals surface area contributed by atoms with Crippen LogP contribution in [-0.4, -0.2) is 0 Å². The van der Waals surface area contributed by atoms with Gasteiger partial charge in [-0.3, -0.25) is 0 Å². The van der Waals surface area contributed by atoms with Gasteiger partial charge in [0.2, 0.25) is 0 Å². The Balaban J connectivity index is 2.43. The summed E-state index contributed by atoms with van der Waals surface area (Å²) in [5.74, 6) is 0.656. The van der Waals surface area contributed by atoms with Crippen LogP contribution in [0.25, 0.3) is 11.1 Å². The maximum Gasteiger partial charge on any atom is 0.0412 e. The van der Waals surface area contributed by atoms with Crippen molar-refractivity contribution in [1.82, 2.24) is 0 Å². The van der Waals surface area contributed by atoms with Crippen LogP contribution in [0.3, 0.4) is 0 Å². The number of hydrogen-bond acceptors (Lipinski definition) is 1. The normalized spacial score (nSPS) is 11.0. The first kappa shape index (κ1) is 14.1. The van der Waals surface area contributed by atoms with Gasteiger partial charge >= 0.3 is 0 Å². The van der Waals surface area contributed by atoms with E-state index in [1.54, 1.807) is 0 Å². The maximum absolute atomic E-state index is 6.11. The van der Waals surface area contributed by atoms with Gasteiger partial charge in [0.15, 0.2) is 0 Å². The molecule has 0 aliphatic heterocycles. The number of hydrogen-bond donors (Lipinski definition) is 1. The van der Waals surface area contributed by atoms with Gasteiger partial charge in [-0.1, -0.05) is 55.8 Å². The van der Waals surface area contributed by atoms with Gasteiger partial charge in [-0.05, 0) is 46.7 Å². The van der Waals surface area contributed by atoms with E-state index in [-0.39, 0.29) is 0 Å². The molecule has 0 atom stereocenters. The van der Waals surface area contributed by atoms with E-state index < -0.39 is 0 Å². The Hall–Kier alpha value is -1.31. The molecule has 0 bridgehead atoms. The number of rotatable bonds is 4. The van der Waals surface area contributed by atoms with Crippen molar-refractivity contribution in [2.45, 2.75) is 26.8 Å². The van der Waals surface area contributed by atoms with Gasteiger partial charge in [0.05, 0.1) is 0 Å². The second-order valence-electron chi connectivity index (χ2n) is 5.30. The van der Waals surface area contributed by atoms with E-state index in [0.29, 0.717) is 12.5 Å². The molecule has 0 unspecified atom stereocenters. The molecule has 100 valence electrons. The van der Waals surface area contributed by atoms with Crippen molar-refractivity contribution < 1.29 is 0 Å². The predicted octanol–water partition coefficient (Wildman–Crippen LogP) is 4.66. The van der Waals surface area contributed by atoms with Gasteiger partial charge < -0.3 is 5.73 Å². The Morgan fingerprint density at radius 3 is 2.58 bits per heavy atom. The van der Waals surface area contributed by atoms with Gasteiger partial charge in [0.1, 0.15) is 0 Å². The first-order valence-electron chi connectivity index (χ1n) is 6.68. The van der Waals surface area contributed by atoms with E-state index in [4.69, 9.17) is 17.3 Å². The molecule has 2 N–H and O–H groups in total. The quantitative estimate of drug-likeness (QED) is 0.861. The molecule has 2 rings (SSSR count). The molecule has 0 aliphatic rings. The lowest BCUT2D eigenvalue weighted by atomic mass is 9.95. The Morgan fingerprint density at radius 1 is 1.11 bits per heavy atom. The topological polar surface area (TPSA) is 26.0 Å². The average molecular weight is 274 g/mol. The fraction of sp³-hybridized carbons (Fsp3) is 0.294. The van der Waals surface area contributed by atoms with Crippen LogP contribution in [0.5, 0.6) is 0 Å². The molecule has 0 fully saturated rings. The van der Waals surface area contributed by atoms with Crippen molar-refractivity contribution in [3.05, 3.63) is 58.6 Å². The van der Waals surface area contributed by atoms with Crippen LogP contribution in [-0.2, 0) is 13.0 Å². The Morgan fingerprint density at radius 2 is 1.89 bits per heavy atom. The molecule has 0 aliphatic carbocycles. The molecule has 2 aromatic carbocycles. The largest absolute Gasteiger partial charge is 0.326 e. The van der Waals surface area contributed by atoms with Crippen LogP contribution in [0.4, 0.5) is 0 Å². The Kier molecular flexibility index (Phi) is 4.62. The van der Waals surface area contributed by atoms with E-state index in [1.165, 1.54) is 11.1 Å². The number of halogens is 1. The summed E-state index contributed by atoms with van der Waals surface area (Å²) in [6, 6.07) is 14.5. The SMILES string of the molecule is CC(C)Cc1cccc(-c2cc(Cl)ccc2CN)c1. The number of nitrogens with two attached hydrogens (primary N) is 1. The van der Waals surface area contributed by atoms with Gasteiger partial charge in [0, 0.05) is 11.6 Å². The van der Waals surface area contributed by atoms with E-state index in [9.17, 15) is 0 Å². The molecule has 0 radical (unpaired) electrons. The maximum atomic E-state index is 6.11. The molecule has 1 nitrogen and oxygen atoms in total. The predicted molar refractivity (Wildman–Crippen MR) is 83.3 cm³/mol. The third kappa shape index (κ3) is 3.59. The first-order chi connectivity index (χ1) is 9.10. The summed E-state index contributed by atoms with van der Waals surface area (Å²) < 4.78 is 0. The highest BCUT2D eigenvalue weighted by Crippen LogP contribution is 2.28. The van der Waals surface area contributed by atoms with Gasteiger partial charge in [0.25, 0.3) is 0 Å². The molecule has 19 heavy (non-hydrogen) atoms. The summed E-state index contributed by atoms with van der Waals surface area (Å²) in [6.45, 7) is 5.00. The zero-order valence-electron chi connectivity index (χ0n) is 11.5. The Bertz CT molecular complexity index is 561. The van der Waals surface area contributed by atoms with E-state index in [1.807, 2.05) is 18.2 Å². The molecule has 2 aromatic rings. The lowest BCUT2D eigenvalue weighted by Crippen LogP contribution is -1.99. The molecular weight excluding hydrogens is 254 g/mol. The highest BCUT2D eigenvalue weighted by Gasteiger charge is 2.06. The van der Waals surface area contributed by atoms with Gasteiger partial charge in [-0.2, -0.15) is 0 Å². The summed E-state index contributed by atoms with van der Waals surface area (Å²) in [6.07, 6.45) is 1.09. The second-order valence-corrected chi connectivity index (χ2v) is 5.74. The van der Waals surface area contributed by atoms with Crippen LogP contribution >= 0.6 is 11.6 Å². The summed E-state index contributed by atoms with van der Waals surface area (Å²) >= 11 is 6.11. The average Bonchev–Trinajstić information content (AvgIpc) is 2.38. The van der Waals surface area contributed by atoms with Crippen LogP contribution in [0.1, 0.15) is 25.0 Å². The molecule has 0 saturated carbocycles. The fourth-order valence-electron chi connectivity index (χ4n) is 2.33. The summed E-state index contributed by atoms with van der Waals surface area (Å²) in [4.78, 5) is 0. The van der Waals surface area contributed by atoms with Crippen LogP contribution in [0.2, 0.25) is 5.02 Å². The Labute approximate surface area is 120 Å². The minimum atomic E-state index is 0.529. The zero-order chi connectivity index (χ0) is 13.8. The smallest absolute Gasteiger partial charge is 0.0412 e. The highest BCUT2D eigenvalue weighted by molar-refractivity contribution is 6.30. The minimum absolute atomic E-state index is 0.529. The molecule has 0 spiro atoms. The van der Waals surface area contributed by atoms with Crippen molar-refractivity contribution >= 4 is 11.6 Å².